The van der Waals surface area contributed by atoms with E-state index in [9.17, 15) is 10.1 Å². The van der Waals surface area contributed by atoms with Crippen molar-refractivity contribution in [2.45, 2.75) is 15.9 Å². The van der Waals surface area contributed by atoms with Crippen LogP contribution < -0.4 is 10.3 Å². The summed E-state index contributed by atoms with van der Waals surface area (Å²) in [6.45, 7) is 0. The number of benzene rings is 1. The molecule has 2 heterocycles. The van der Waals surface area contributed by atoms with Crippen LogP contribution in [0.2, 0.25) is 0 Å². The summed E-state index contributed by atoms with van der Waals surface area (Å²) in [6, 6.07) is 13.2. The Morgan fingerprint density at radius 2 is 2.15 bits per heavy atom. The number of aromatic nitrogens is 3. The molecule has 0 aliphatic heterocycles. The van der Waals surface area contributed by atoms with Gasteiger partial charge in [-0.2, -0.15) is 5.26 Å². The normalized spacial score (nSPS) is 10.4. The van der Waals surface area contributed by atoms with Crippen LogP contribution in [0, 0.1) is 11.3 Å². The molecule has 0 spiro atoms. The third-order valence-corrected chi connectivity index (χ3v) is 5.34. The third kappa shape index (κ3) is 4.32. The van der Waals surface area contributed by atoms with Gasteiger partial charge in [-0.1, -0.05) is 17.8 Å². The second-order valence-corrected chi connectivity index (χ2v) is 7.18. The molecule has 3 aromatic rings. The number of aromatic amines is 1. The van der Waals surface area contributed by atoms with Gasteiger partial charge in [0.2, 0.25) is 0 Å². The molecule has 27 heavy (non-hydrogen) atoms. The lowest BCUT2D eigenvalue weighted by Gasteiger charge is -2.11. The average molecular weight is 396 g/mol. The predicted octanol–water partition coefficient (Wildman–Crippen LogP) is 3.73. The first-order chi connectivity index (χ1) is 13.2. The van der Waals surface area contributed by atoms with Crippen LogP contribution in [0.1, 0.15) is 11.1 Å². The molecule has 0 amide bonds. The van der Waals surface area contributed by atoms with Gasteiger partial charge in [0.25, 0.3) is 5.56 Å². The van der Waals surface area contributed by atoms with Gasteiger partial charge in [0.05, 0.1) is 17.8 Å². The van der Waals surface area contributed by atoms with E-state index in [0.717, 1.165) is 16.3 Å². The number of thioether (sulfide) groups is 2. The second kappa shape index (κ2) is 8.75. The van der Waals surface area contributed by atoms with E-state index in [1.807, 2.05) is 42.7 Å². The van der Waals surface area contributed by atoms with E-state index >= 15 is 0 Å². The number of H-pyrrole nitrogens is 1. The Balaban J connectivity index is 2.02. The van der Waals surface area contributed by atoms with Crippen molar-refractivity contribution in [3.63, 3.8) is 0 Å². The first-order valence-corrected chi connectivity index (χ1v) is 10.2. The summed E-state index contributed by atoms with van der Waals surface area (Å²) in [4.78, 5) is 23.5. The van der Waals surface area contributed by atoms with E-state index in [-0.39, 0.29) is 5.56 Å². The number of pyridine rings is 1. The highest BCUT2D eigenvalue weighted by Gasteiger charge is 2.15. The summed E-state index contributed by atoms with van der Waals surface area (Å²) in [6.07, 6.45) is 3.57. The molecule has 0 bridgehead atoms. The van der Waals surface area contributed by atoms with E-state index < -0.39 is 5.56 Å². The Morgan fingerprint density at radius 3 is 2.81 bits per heavy atom. The van der Waals surface area contributed by atoms with E-state index in [1.54, 1.807) is 31.1 Å². The fourth-order valence-corrected chi connectivity index (χ4v) is 3.70. The maximum absolute atomic E-state index is 12.2. The van der Waals surface area contributed by atoms with Gasteiger partial charge in [0, 0.05) is 23.1 Å². The lowest BCUT2D eigenvalue weighted by atomic mass is 10.0. The van der Waals surface area contributed by atoms with Gasteiger partial charge in [0.1, 0.15) is 17.4 Å². The standard InChI is InChI=1S/C19H16N4O2S2/c1-25-15-7-6-12(9-13(15)11-27-16-5-3-4-8-21-16)17-14(10-20)18(24)23-19(22-17)26-2/h3-9H,11H2,1-2H3,(H,22,23,24). The topological polar surface area (TPSA) is 91.7 Å². The van der Waals surface area contributed by atoms with Crippen LogP contribution in [0.25, 0.3) is 11.3 Å². The molecule has 1 N–H and O–H groups in total. The Hall–Kier alpha value is -2.76. The van der Waals surface area contributed by atoms with E-state index in [2.05, 4.69) is 15.0 Å². The van der Waals surface area contributed by atoms with Crippen molar-refractivity contribution in [2.24, 2.45) is 0 Å². The van der Waals surface area contributed by atoms with Crippen LogP contribution in [-0.4, -0.2) is 28.3 Å². The van der Waals surface area contributed by atoms with E-state index in [1.165, 1.54) is 11.8 Å². The van der Waals surface area contributed by atoms with E-state index in [0.29, 0.717) is 22.2 Å². The molecule has 0 fully saturated rings. The third-order valence-electron chi connectivity index (χ3n) is 3.77. The number of hydrogen-bond acceptors (Lipinski definition) is 7. The first-order valence-electron chi connectivity index (χ1n) is 7.95. The Bertz CT molecular complexity index is 1050. The van der Waals surface area contributed by atoms with Crippen LogP contribution in [0.4, 0.5) is 0 Å². The van der Waals surface area contributed by atoms with Crippen LogP contribution in [-0.2, 0) is 5.75 Å². The highest BCUT2D eigenvalue weighted by molar-refractivity contribution is 7.98. The largest absolute Gasteiger partial charge is 0.496 e. The van der Waals surface area contributed by atoms with Crippen LogP contribution >= 0.6 is 23.5 Å². The van der Waals surface area contributed by atoms with Crippen LogP contribution in [0.15, 0.2) is 57.6 Å². The van der Waals surface area contributed by atoms with Gasteiger partial charge in [-0.05, 0) is 36.6 Å². The molecular formula is C19H16N4O2S2. The van der Waals surface area contributed by atoms with E-state index in [4.69, 9.17) is 4.74 Å². The molecule has 0 saturated heterocycles. The van der Waals surface area contributed by atoms with Gasteiger partial charge in [0.15, 0.2) is 5.16 Å². The fraction of sp³-hybridized carbons (Fsp3) is 0.158. The average Bonchev–Trinajstić information content (AvgIpc) is 2.72. The zero-order valence-corrected chi connectivity index (χ0v) is 16.4. The molecular weight excluding hydrogens is 380 g/mol. The Kier molecular flexibility index (Phi) is 6.16. The SMILES string of the molecule is COc1ccc(-c2nc(SC)[nH]c(=O)c2C#N)cc1CSc1ccccn1. The number of nitriles is 1. The van der Waals surface area contributed by atoms with Crippen molar-refractivity contribution >= 4 is 23.5 Å². The van der Waals surface area contributed by atoms with Gasteiger partial charge < -0.3 is 9.72 Å². The van der Waals surface area contributed by atoms with Gasteiger partial charge in [-0.3, -0.25) is 4.79 Å². The summed E-state index contributed by atoms with van der Waals surface area (Å²) >= 11 is 2.90. The van der Waals surface area contributed by atoms with Crippen molar-refractivity contribution < 1.29 is 4.74 Å². The van der Waals surface area contributed by atoms with Crippen molar-refractivity contribution in [3.05, 3.63) is 64.1 Å². The number of nitrogens with zero attached hydrogens (tertiary/aromatic N) is 3. The maximum atomic E-state index is 12.2. The summed E-state index contributed by atoms with van der Waals surface area (Å²) in [7, 11) is 1.61. The number of nitrogens with one attached hydrogen (secondary N) is 1. The van der Waals surface area contributed by atoms with Crippen molar-refractivity contribution in [1.29, 1.82) is 5.26 Å². The molecule has 0 atom stereocenters. The molecule has 0 radical (unpaired) electrons. The Labute approximate surface area is 165 Å². The second-order valence-electron chi connectivity index (χ2n) is 5.39. The minimum Gasteiger partial charge on any atom is -0.496 e. The Morgan fingerprint density at radius 1 is 1.30 bits per heavy atom. The van der Waals surface area contributed by atoms with Crippen molar-refractivity contribution in [3.8, 4) is 23.1 Å². The zero-order valence-electron chi connectivity index (χ0n) is 14.7. The number of rotatable bonds is 6. The minimum atomic E-state index is -0.438. The van der Waals surface area contributed by atoms with Gasteiger partial charge in [-0.15, -0.1) is 11.8 Å². The minimum absolute atomic E-state index is 0.00120. The summed E-state index contributed by atoms with van der Waals surface area (Å²) in [5.41, 5.74) is 1.57. The lowest BCUT2D eigenvalue weighted by molar-refractivity contribution is 0.411. The summed E-state index contributed by atoms with van der Waals surface area (Å²) in [5, 5.41) is 10.8. The van der Waals surface area contributed by atoms with Crippen LogP contribution in [0.5, 0.6) is 5.75 Å². The molecule has 6 nitrogen and oxygen atoms in total. The molecule has 0 aliphatic rings. The molecule has 0 saturated carbocycles. The van der Waals surface area contributed by atoms with Gasteiger partial charge >= 0.3 is 0 Å². The van der Waals surface area contributed by atoms with Crippen molar-refractivity contribution in [2.75, 3.05) is 13.4 Å². The molecule has 0 unspecified atom stereocenters. The maximum Gasteiger partial charge on any atom is 0.270 e. The quantitative estimate of drug-likeness (QED) is 0.501. The molecule has 136 valence electrons. The van der Waals surface area contributed by atoms with Crippen molar-refractivity contribution in [1.82, 2.24) is 15.0 Å². The molecule has 3 rings (SSSR count). The summed E-state index contributed by atoms with van der Waals surface area (Å²) < 4.78 is 5.46. The molecule has 2 aromatic heterocycles. The molecule has 1 aromatic carbocycles. The van der Waals surface area contributed by atoms with Gasteiger partial charge in [-0.25, -0.2) is 9.97 Å². The lowest BCUT2D eigenvalue weighted by Crippen LogP contribution is -2.14. The highest BCUT2D eigenvalue weighted by atomic mass is 32.2. The number of methoxy groups -OCH3 is 1. The monoisotopic (exact) mass is 396 g/mol. The number of ether oxygens (including phenoxy) is 1. The predicted molar refractivity (Wildman–Crippen MR) is 107 cm³/mol. The highest BCUT2D eigenvalue weighted by Crippen LogP contribution is 2.31. The fourth-order valence-electron chi connectivity index (χ4n) is 2.48. The summed E-state index contributed by atoms with van der Waals surface area (Å²) in [5.74, 6) is 1.37. The van der Waals surface area contributed by atoms with Crippen LogP contribution in [0.3, 0.4) is 0 Å². The zero-order chi connectivity index (χ0) is 19.2. The first kappa shape index (κ1) is 19.0. The number of hydrogen-bond donors (Lipinski definition) is 1. The molecule has 8 heteroatoms. The smallest absolute Gasteiger partial charge is 0.270 e. The molecule has 0 aliphatic carbocycles.